The number of para-hydroxylation sites is 1. The number of benzene rings is 2. The average molecular weight is 413 g/mol. The molecular formula is C25H36N2O3. The fraction of sp³-hybridized carbons (Fsp3) is 0.520. The van der Waals surface area contributed by atoms with Gasteiger partial charge >= 0.3 is 0 Å². The highest BCUT2D eigenvalue weighted by Gasteiger charge is 2.14. The zero-order valence-electron chi connectivity index (χ0n) is 18.2. The number of likely N-dealkylation sites (N-methyl/N-ethyl adjacent to an activating group) is 1. The van der Waals surface area contributed by atoms with Crippen molar-refractivity contribution in [3.05, 3.63) is 60.2 Å². The first kappa shape index (κ1) is 22.6. The van der Waals surface area contributed by atoms with Gasteiger partial charge in [-0.2, -0.15) is 0 Å². The van der Waals surface area contributed by atoms with Gasteiger partial charge in [-0.05, 0) is 62.8 Å². The van der Waals surface area contributed by atoms with E-state index in [9.17, 15) is 5.11 Å². The zero-order valence-corrected chi connectivity index (χ0v) is 18.2. The van der Waals surface area contributed by atoms with Crippen molar-refractivity contribution in [3.8, 4) is 11.5 Å². The molecule has 0 amide bonds. The molecule has 1 aliphatic rings. The van der Waals surface area contributed by atoms with Crippen molar-refractivity contribution >= 4 is 0 Å². The Morgan fingerprint density at radius 2 is 1.67 bits per heavy atom. The molecule has 1 aliphatic heterocycles. The number of aliphatic hydroxyl groups excluding tert-OH is 1. The Morgan fingerprint density at radius 3 is 2.43 bits per heavy atom. The van der Waals surface area contributed by atoms with Gasteiger partial charge in [0.1, 0.15) is 30.8 Å². The molecule has 1 unspecified atom stereocenters. The molecule has 1 heterocycles. The minimum absolute atomic E-state index is 0.334. The summed E-state index contributed by atoms with van der Waals surface area (Å²) in [6.07, 6.45) is 4.63. The van der Waals surface area contributed by atoms with Crippen molar-refractivity contribution in [3.63, 3.8) is 0 Å². The first-order valence-electron chi connectivity index (χ1n) is 11.2. The largest absolute Gasteiger partial charge is 0.492 e. The van der Waals surface area contributed by atoms with Crippen LogP contribution in [0.3, 0.4) is 0 Å². The highest BCUT2D eigenvalue weighted by molar-refractivity contribution is 5.28. The molecule has 1 fully saturated rings. The van der Waals surface area contributed by atoms with Gasteiger partial charge in [0.2, 0.25) is 0 Å². The molecule has 2 aromatic rings. The number of nitrogens with zero attached hydrogens (tertiary/aromatic N) is 2. The Bertz CT molecular complexity index is 717. The van der Waals surface area contributed by atoms with E-state index in [1.807, 2.05) is 42.5 Å². The fourth-order valence-corrected chi connectivity index (χ4v) is 3.82. The molecule has 3 rings (SSSR count). The van der Waals surface area contributed by atoms with Crippen LogP contribution >= 0.6 is 0 Å². The van der Waals surface area contributed by atoms with Crippen LogP contribution < -0.4 is 9.47 Å². The highest BCUT2D eigenvalue weighted by Crippen LogP contribution is 2.16. The normalized spacial score (nSPS) is 16.2. The number of likely N-dealkylation sites (tertiary alicyclic amines) is 1. The van der Waals surface area contributed by atoms with E-state index >= 15 is 0 Å². The van der Waals surface area contributed by atoms with Crippen LogP contribution in [0, 0.1) is 0 Å². The van der Waals surface area contributed by atoms with E-state index in [0.717, 1.165) is 37.7 Å². The summed E-state index contributed by atoms with van der Waals surface area (Å²) in [6.45, 7) is 5.53. The number of rotatable bonds is 11. The van der Waals surface area contributed by atoms with E-state index in [1.54, 1.807) is 0 Å². The summed E-state index contributed by atoms with van der Waals surface area (Å²) >= 11 is 0. The van der Waals surface area contributed by atoms with E-state index in [-0.39, 0.29) is 0 Å². The molecule has 5 heteroatoms. The Morgan fingerprint density at radius 1 is 0.933 bits per heavy atom. The highest BCUT2D eigenvalue weighted by atomic mass is 16.5. The van der Waals surface area contributed by atoms with Crippen molar-refractivity contribution in [1.29, 1.82) is 0 Å². The molecule has 30 heavy (non-hydrogen) atoms. The van der Waals surface area contributed by atoms with Gasteiger partial charge in [-0.1, -0.05) is 43.2 Å². The van der Waals surface area contributed by atoms with E-state index in [1.165, 1.54) is 31.2 Å². The SMILES string of the molecule is CN(CCOc1ccccc1)Cc1cccc(OCC(O)CN2CCCCCC2)c1. The smallest absolute Gasteiger partial charge is 0.119 e. The topological polar surface area (TPSA) is 45.2 Å². The van der Waals surface area contributed by atoms with Crippen LogP contribution in [0.25, 0.3) is 0 Å². The van der Waals surface area contributed by atoms with Gasteiger partial charge in [-0.25, -0.2) is 0 Å². The number of β-amino-alcohol motifs (C(OH)–C–C–N with tert-alkyl or cyclic N) is 1. The lowest BCUT2D eigenvalue weighted by Crippen LogP contribution is -2.36. The standard InChI is InChI=1S/C25H36N2O3/c1-26(16-17-29-24-11-5-4-6-12-24)19-22-10-9-13-25(18-22)30-21-23(28)20-27-14-7-2-3-8-15-27/h4-6,9-13,18,23,28H,2-3,7-8,14-17,19-21H2,1H3. The second-order valence-corrected chi connectivity index (χ2v) is 8.23. The van der Waals surface area contributed by atoms with Gasteiger partial charge < -0.3 is 19.5 Å². The molecule has 0 radical (unpaired) electrons. The van der Waals surface area contributed by atoms with Crippen LogP contribution in [-0.4, -0.2) is 67.5 Å². The maximum Gasteiger partial charge on any atom is 0.119 e. The predicted molar refractivity (Wildman–Crippen MR) is 121 cm³/mol. The molecule has 0 bridgehead atoms. The number of hydrogen-bond donors (Lipinski definition) is 1. The van der Waals surface area contributed by atoms with Crippen LogP contribution in [0.2, 0.25) is 0 Å². The fourth-order valence-electron chi connectivity index (χ4n) is 3.82. The first-order valence-corrected chi connectivity index (χ1v) is 11.2. The number of hydrogen-bond acceptors (Lipinski definition) is 5. The Labute approximate surface area is 181 Å². The molecule has 0 aromatic heterocycles. The molecule has 5 nitrogen and oxygen atoms in total. The van der Waals surface area contributed by atoms with Gasteiger partial charge in [-0.3, -0.25) is 4.90 Å². The second-order valence-electron chi connectivity index (χ2n) is 8.23. The van der Waals surface area contributed by atoms with Crippen LogP contribution in [0.4, 0.5) is 0 Å². The van der Waals surface area contributed by atoms with Crippen LogP contribution in [0.1, 0.15) is 31.2 Å². The van der Waals surface area contributed by atoms with Crippen molar-refractivity contribution in [2.75, 3.05) is 46.4 Å². The molecular weight excluding hydrogens is 376 g/mol. The summed E-state index contributed by atoms with van der Waals surface area (Å²) in [7, 11) is 2.09. The van der Waals surface area contributed by atoms with Gasteiger partial charge in [0.15, 0.2) is 0 Å². The molecule has 1 saturated heterocycles. The summed E-state index contributed by atoms with van der Waals surface area (Å²) in [5, 5.41) is 10.4. The summed E-state index contributed by atoms with van der Waals surface area (Å²) < 4.78 is 11.7. The minimum Gasteiger partial charge on any atom is -0.492 e. The second kappa shape index (κ2) is 12.6. The van der Waals surface area contributed by atoms with Gasteiger partial charge in [0.05, 0.1) is 0 Å². The molecule has 0 saturated carbocycles. The molecule has 164 valence electrons. The van der Waals surface area contributed by atoms with Gasteiger partial charge in [0, 0.05) is 19.6 Å². The average Bonchev–Trinajstić information content (AvgIpc) is 3.02. The third-order valence-electron chi connectivity index (χ3n) is 5.45. The number of ether oxygens (including phenoxy) is 2. The van der Waals surface area contributed by atoms with E-state index < -0.39 is 6.10 Å². The van der Waals surface area contributed by atoms with Crippen LogP contribution in [0.15, 0.2) is 54.6 Å². The molecule has 1 N–H and O–H groups in total. The van der Waals surface area contributed by atoms with E-state index in [4.69, 9.17) is 9.47 Å². The monoisotopic (exact) mass is 412 g/mol. The Hall–Kier alpha value is -2.08. The maximum absolute atomic E-state index is 10.4. The van der Waals surface area contributed by atoms with E-state index in [0.29, 0.717) is 19.8 Å². The Balaban J connectivity index is 1.38. The summed E-state index contributed by atoms with van der Waals surface area (Å²) in [4.78, 5) is 4.60. The van der Waals surface area contributed by atoms with Crippen molar-refractivity contribution in [2.24, 2.45) is 0 Å². The summed E-state index contributed by atoms with van der Waals surface area (Å²) in [6, 6.07) is 18.0. The zero-order chi connectivity index (χ0) is 21.0. The molecule has 2 aromatic carbocycles. The van der Waals surface area contributed by atoms with Crippen molar-refractivity contribution in [1.82, 2.24) is 9.80 Å². The summed E-state index contributed by atoms with van der Waals surface area (Å²) in [5.41, 5.74) is 1.19. The van der Waals surface area contributed by atoms with Gasteiger partial charge in [0.25, 0.3) is 0 Å². The maximum atomic E-state index is 10.4. The van der Waals surface area contributed by atoms with E-state index in [2.05, 4.69) is 29.0 Å². The van der Waals surface area contributed by atoms with Crippen LogP contribution in [0.5, 0.6) is 11.5 Å². The molecule has 0 spiro atoms. The first-order chi connectivity index (χ1) is 14.7. The third-order valence-corrected chi connectivity index (χ3v) is 5.45. The third kappa shape index (κ3) is 8.34. The lowest BCUT2D eigenvalue weighted by Gasteiger charge is -2.23. The Kier molecular flexibility index (Phi) is 9.48. The predicted octanol–water partition coefficient (Wildman–Crippen LogP) is 3.81. The van der Waals surface area contributed by atoms with Crippen molar-refractivity contribution < 1.29 is 14.6 Å². The quantitative estimate of drug-likeness (QED) is 0.608. The minimum atomic E-state index is -0.454. The van der Waals surface area contributed by atoms with Crippen LogP contribution in [-0.2, 0) is 6.54 Å². The lowest BCUT2D eigenvalue weighted by atomic mass is 10.2. The molecule has 1 atom stereocenters. The lowest BCUT2D eigenvalue weighted by molar-refractivity contribution is 0.0693. The summed E-state index contributed by atoms with van der Waals surface area (Å²) in [5.74, 6) is 1.72. The van der Waals surface area contributed by atoms with Gasteiger partial charge in [-0.15, -0.1) is 0 Å². The number of aliphatic hydroxyl groups is 1. The van der Waals surface area contributed by atoms with Crippen molar-refractivity contribution in [2.45, 2.75) is 38.3 Å². The molecule has 0 aliphatic carbocycles.